The Labute approximate surface area is 106 Å². The molecule has 0 aliphatic rings. The van der Waals surface area contributed by atoms with Crippen molar-refractivity contribution in [2.45, 2.75) is 22.7 Å². The highest BCUT2D eigenvalue weighted by Crippen LogP contribution is 2.32. The van der Waals surface area contributed by atoms with E-state index in [1.54, 1.807) is 0 Å². The van der Waals surface area contributed by atoms with E-state index < -0.39 is 50.8 Å². The lowest BCUT2D eigenvalue weighted by molar-refractivity contribution is -0.131. The second-order valence-corrected chi connectivity index (χ2v) is 5.86. The Balaban J connectivity index is 3.31. The molecule has 9 heteroatoms. The summed E-state index contributed by atoms with van der Waals surface area (Å²) in [4.78, 5) is -0.929. The predicted octanol–water partition coefficient (Wildman–Crippen LogP) is 2.02. The van der Waals surface area contributed by atoms with E-state index in [0.29, 0.717) is 12.1 Å². The van der Waals surface area contributed by atoms with Crippen LogP contribution in [0.4, 0.5) is 22.0 Å². The number of nitrogens with two attached hydrogens (primary N) is 1. The molecule has 1 aromatic rings. The van der Waals surface area contributed by atoms with Crippen LogP contribution in [0.3, 0.4) is 0 Å². The molecular formula is C10H10F5NO2S. The number of rotatable bonds is 4. The zero-order valence-corrected chi connectivity index (χ0v) is 10.2. The van der Waals surface area contributed by atoms with Gasteiger partial charge in [0.05, 0.1) is 4.90 Å². The first-order valence-electron chi connectivity index (χ1n) is 5.06. The van der Waals surface area contributed by atoms with Gasteiger partial charge < -0.3 is 5.73 Å². The molecule has 0 aromatic heterocycles. The second kappa shape index (κ2) is 5.41. The number of benzene rings is 1. The SMILES string of the molecule is NCCC(C(F)(F)F)S(=O)(=O)c1ccc(F)c(F)c1. The molecule has 0 bridgehead atoms. The predicted molar refractivity (Wildman–Crippen MR) is 57.1 cm³/mol. The van der Waals surface area contributed by atoms with E-state index in [1.807, 2.05) is 0 Å². The standard InChI is InChI=1S/C10H10F5NO2S/c11-7-2-1-6(5-8(7)12)19(17,18)9(3-4-16)10(13,14)15/h1-2,5,9H,3-4,16H2. The molecular weight excluding hydrogens is 293 g/mol. The van der Waals surface area contributed by atoms with E-state index in [0.717, 1.165) is 0 Å². The quantitative estimate of drug-likeness (QED) is 0.684. The molecule has 1 unspecified atom stereocenters. The molecule has 1 rings (SSSR count). The Morgan fingerprint density at radius 1 is 1.16 bits per heavy atom. The van der Waals surface area contributed by atoms with Crippen LogP contribution in [0.15, 0.2) is 23.1 Å². The van der Waals surface area contributed by atoms with Gasteiger partial charge in [-0.2, -0.15) is 13.2 Å². The first kappa shape index (κ1) is 15.8. The first-order valence-corrected chi connectivity index (χ1v) is 6.61. The third-order valence-corrected chi connectivity index (χ3v) is 4.55. The van der Waals surface area contributed by atoms with Gasteiger partial charge in [0.15, 0.2) is 26.7 Å². The van der Waals surface area contributed by atoms with Gasteiger partial charge in [-0.3, -0.25) is 0 Å². The van der Waals surface area contributed by atoms with Crippen LogP contribution in [0.5, 0.6) is 0 Å². The molecule has 0 amide bonds. The van der Waals surface area contributed by atoms with Gasteiger partial charge in [-0.25, -0.2) is 17.2 Å². The van der Waals surface area contributed by atoms with Crippen LogP contribution in [0.25, 0.3) is 0 Å². The van der Waals surface area contributed by atoms with Gasteiger partial charge in [0, 0.05) is 0 Å². The lowest BCUT2D eigenvalue weighted by Gasteiger charge is -2.20. The van der Waals surface area contributed by atoms with Crippen LogP contribution in [0.1, 0.15) is 6.42 Å². The zero-order valence-electron chi connectivity index (χ0n) is 9.42. The fourth-order valence-corrected chi connectivity index (χ4v) is 3.12. The number of halogens is 5. The van der Waals surface area contributed by atoms with E-state index in [2.05, 4.69) is 0 Å². The summed E-state index contributed by atoms with van der Waals surface area (Å²) < 4.78 is 87.1. The van der Waals surface area contributed by atoms with Crippen molar-refractivity contribution >= 4 is 9.84 Å². The fraction of sp³-hybridized carbons (Fsp3) is 0.400. The molecule has 19 heavy (non-hydrogen) atoms. The Bertz CT molecular complexity index is 556. The van der Waals surface area contributed by atoms with Crippen LogP contribution >= 0.6 is 0 Å². The van der Waals surface area contributed by atoms with Gasteiger partial charge in [-0.1, -0.05) is 0 Å². The molecule has 1 aromatic carbocycles. The summed E-state index contributed by atoms with van der Waals surface area (Å²) >= 11 is 0. The van der Waals surface area contributed by atoms with Crippen molar-refractivity contribution in [1.29, 1.82) is 0 Å². The molecule has 0 aliphatic heterocycles. The van der Waals surface area contributed by atoms with Crippen LogP contribution in [0, 0.1) is 11.6 Å². The molecule has 108 valence electrons. The molecule has 0 radical (unpaired) electrons. The van der Waals surface area contributed by atoms with Crippen LogP contribution in [0.2, 0.25) is 0 Å². The summed E-state index contributed by atoms with van der Waals surface area (Å²) in [6, 6.07) is 1.26. The summed E-state index contributed by atoms with van der Waals surface area (Å²) in [6.45, 7) is -0.507. The van der Waals surface area contributed by atoms with Crippen molar-refractivity contribution in [3.63, 3.8) is 0 Å². The lowest BCUT2D eigenvalue weighted by atomic mass is 10.3. The molecule has 3 nitrogen and oxygen atoms in total. The Hall–Kier alpha value is -1.22. The largest absolute Gasteiger partial charge is 0.405 e. The maximum absolute atomic E-state index is 12.9. The van der Waals surface area contributed by atoms with Gasteiger partial charge in [-0.05, 0) is 31.2 Å². The second-order valence-electron chi connectivity index (χ2n) is 3.73. The van der Waals surface area contributed by atoms with Crippen LogP contribution < -0.4 is 5.73 Å². The zero-order chi connectivity index (χ0) is 14.8. The average molecular weight is 303 g/mol. The van der Waals surface area contributed by atoms with Crippen molar-refractivity contribution in [2.24, 2.45) is 5.73 Å². The van der Waals surface area contributed by atoms with E-state index >= 15 is 0 Å². The van der Waals surface area contributed by atoms with E-state index in [1.165, 1.54) is 0 Å². The van der Waals surface area contributed by atoms with Crippen molar-refractivity contribution in [3.05, 3.63) is 29.8 Å². The number of sulfone groups is 1. The average Bonchev–Trinajstić information content (AvgIpc) is 2.27. The van der Waals surface area contributed by atoms with Crippen molar-refractivity contribution in [2.75, 3.05) is 6.54 Å². The van der Waals surface area contributed by atoms with Crippen LogP contribution in [-0.2, 0) is 9.84 Å². The van der Waals surface area contributed by atoms with E-state index in [4.69, 9.17) is 5.73 Å². The van der Waals surface area contributed by atoms with Gasteiger partial charge in [-0.15, -0.1) is 0 Å². The Kier molecular flexibility index (Phi) is 4.51. The van der Waals surface area contributed by atoms with Crippen molar-refractivity contribution < 1.29 is 30.4 Å². The van der Waals surface area contributed by atoms with Crippen molar-refractivity contribution in [1.82, 2.24) is 0 Å². The monoisotopic (exact) mass is 303 g/mol. The fourth-order valence-electron chi connectivity index (χ4n) is 1.46. The Morgan fingerprint density at radius 2 is 1.74 bits per heavy atom. The molecule has 0 spiro atoms. The van der Waals surface area contributed by atoms with Crippen LogP contribution in [-0.4, -0.2) is 26.4 Å². The first-order chi connectivity index (χ1) is 8.60. The third-order valence-electron chi connectivity index (χ3n) is 2.39. The molecule has 0 saturated carbocycles. The van der Waals surface area contributed by atoms with Crippen molar-refractivity contribution in [3.8, 4) is 0 Å². The molecule has 0 heterocycles. The summed E-state index contributed by atoms with van der Waals surface area (Å²) in [6.07, 6.45) is -5.89. The maximum atomic E-state index is 12.9. The van der Waals surface area contributed by atoms with E-state index in [9.17, 15) is 30.4 Å². The molecule has 0 fully saturated rings. The summed E-state index contributed by atoms with van der Waals surface area (Å²) in [5, 5.41) is -2.74. The molecule has 2 N–H and O–H groups in total. The van der Waals surface area contributed by atoms with Gasteiger partial charge in [0.1, 0.15) is 0 Å². The molecule has 1 atom stereocenters. The number of alkyl halides is 3. The van der Waals surface area contributed by atoms with E-state index in [-0.39, 0.29) is 6.07 Å². The highest BCUT2D eigenvalue weighted by molar-refractivity contribution is 7.92. The maximum Gasteiger partial charge on any atom is 0.405 e. The number of hydrogen-bond donors (Lipinski definition) is 1. The van der Waals surface area contributed by atoms with Gasteiger partial charge in [0.25, 0.3) is 0 Å². The van der Waals surface area contributed by atoms with Gasteiger partial charge >= 0.3 is 6.18 Å². The smallest absolute Gasteiger partial charge is 0.330 e. The minimum Gasteiger partial charge on any atom is -0.330 e. The summed E-state index contributed by atoms with van der Waals surface area (Å²) in [5.41, 5.74) is 4.96. The minimum atomic E-state index is -5.04. The number of hydrogen-bond acceptors (Lipinski definition) is 3. The molecule has 0 aliphatic carbocycles. The lowest BCUT2D eigenvalue weighted by Crippen LogP contribution is -2.38. The highest BCUT2D eigenvalue weighted by atomic mass is 32.2. The topological polar surface area (TPSA) is 60.2 Å². The summed E-state index contributed by atoms with van der Waals surface area (Å²) in [5.74, 6) is -2.88. The highest BCUT2D eigenvalue weighted by Gasteiger charge is 2.48. The minimum absolute atomic E-state index is 0.222. The normalized spacial score (nSPS) is 14.4. The third kappa shape index (κ3) is 3.41. The summed E-state index contributed by atoms with van der Waals surface area (Å²) in [7, 11) is -4.87. The Morgan fingerprint density at radius 3 is 2.16 bits per heavy atom. The molecule has 0 saturated heterocycles. The van der Waals surface area contributed by atoms with Gasteiger partial charge in [0.2, 0.25) is 0 Å².